The van der Waals surface area contributed by atoms with Crippen molar-refractivity contribution in [2.45, 2.75) is 32.5 Å². The van der Waals surface area contributed by atoms with Crippen LogP contribution in [0.15, 0.2) is 48.5 Å². The molecule has 0 aliphatic carbocycles. The molecule has 0 atom stereocenters. The molecule has 6 heteroatoms. The number of nitrogens with one attached hydrogen (secondary N) is 1. The van der Waals surface area contributed by atoms with Crippen molar-refractivity contribution in [2.24, 2.45) is 0 Å². The van der Waals surface area contributed by atoms with Gasteiger partial charge in [-0.15, -0.1) is 0 Å². The lowest BCUT2D eigenvalue weighted by atomic mass is 10.2. The van der Waals surface area contributed by atoms with E-state index in [0.29, 0.717) is 38.1 Å². The molecule has 0 bridgehead atoms. The number of alkyl halides is 2. The summed E-state index contributed by atoms with van der Waals surface area (Å²) in [4.78, 5) is 0. The molecule has 0 saturated heterocycles. The number of nitriles is 1. The highest BCUT2D eigenvalue weighted by Gasteiger charge is 2.08. The van der Waals surface area contributed by atoms with Crippen molar-refractivity contribution in [3.63, 3.8) is 0 Å². The maximum Gasteiger partial charge on any atom is 0.387 e. The van der Waals surface area contributed by atoms with Gasteiger partial charge in [0, 0.05) is 25.1 Å². The van der Waals surface area contributed by atoms with Crippen molar-refractivity contribution >= 4 is 0 Å². The van der Waals surface area contributed by atoms with Crippen LogP contribution in [0.2, 0.25) is 0 Å². The molecule has 2 rings (SSSR count). The number of para-hydroxylation sites is 1. The third kappa shape index (κ3) is 6.77. The Kier molecular flexibility index (Phi) is 7.67. The first-order valence-corrected chi connectivity index (χ1v) is 8.01. The second-order valence-electron chi connectivity index (χ2n) is 5.35. The van der Waals surface area contributed by atoms with Crippen LogP contribution in [-0.4, -0.2) is 13.2 Å². The fourth-order valence-corrected chi connectivity index (χ4v) is 2.29. The van der Waals surface area contributed by atoms with E-state index in [2.05, 4.69) is 16.1 Å². The van der Waals surface area contributed by atoms with Gasteiger partial charge in [0.15, 0.2) is 0 Å². The molecule has 0 aliphatic heterocycles. The van der Waals surface area contributed by atoms with Crippen LogP contribution in [0.5, 0.6) is 11.5 Å². The van der Waals surface area contributed by atoms with Gasteiger partial charge in [0.2, 0.25) is 0 Å². The van der Waals surface area contributed by atoms with Gasteiger partial charge in [-0.1, -0.05) is 30.3 Å². The molecule has 0 spiro atoms. The average molecular weight is 346 g/mol. The van der Waals surface area contributed by atoms with Crippen molar-refractivity contribution in [3.05, 3.63) is 59.7 Å². The standard InChI is InChI=1S/C19H20F2N2O2/c20-19(21)25-18-9-2-1-7-16(18)14-23-13-15-6-5-8-17(12-15)24-11-4-3-10-22/h1-2,5-9,12,19,23H,3-4,11,13-14H2. The van der Waals surface area contributed by atoms with Crippen molar-refractivity contribution in [3.8, 4) is 17.6 Å². The predicted molar refractivity (Wildman–Crippen MR) is 90.4 cm³/mol. The number of nitrogens with zero attached hydrogens (tertiary/aromatic N) is 1. The van der Waals surface area contributed by atoms with E-state index in [-0.39, 0.29) is 5.75 Å². The topological polar surface area (TPSA) is 54.3 Å². The zero-order chi connectivity index (χ0) is 17.9. The molecule has 0 aliphatic rings. The van der Waals surface area contributed by atoms with Gasteiger partial charge < -0.3 is 14.8 Å². The molecule has 0 amide bonds. The Morgan fingerprint density at radius 1 is 1.08 bits per heavy atom. The summed E-state index contributed by atoms with van der Waals surface area (Å²) in [7, 11) is 0. The van der Waals surface area contributed by atoms with Gasteiger partial charge in [-0.2, -0.15) is 14.0 Å². The van der Waals surface area contributed by atoms with Crippen LogP contribution >= 0.6 is 0 Å². The van der Waals surface area contributed by atoms with Gasteiger partial charge in [-0.05, 0) is 30.2 Å². The Bertz CT molecular complexity index is 702. The van der Waals surface area contributed by atoms with Crippen molar-refractivity contribution in [2.75, 3.05) is 6.61 Å². The van der Waals surface area contributed by atoms with E-state index in [1.807, 2.05) is 24.3 Å². The van der Waals surface area contributed by atoms with E-state index >= 15 is 0 Å². The molecule has 1 N–H and O–H groups in total. The van der Waals surface area contributed by atoms with Crippen LogP contribution in [0.3, 0.4) is 0 Å². The normalized spacial score (nSPS) is 10.5. The van der Waals surface area contributed by atoms with E-state index in [1.54, 1.807) is 18.2 Å². The summed E-state index contributed by atoms with van der Waals surface area (Å²) in [5, 5.41) is 11.7. The van der Waals surface area contributed by atoms with Gasteiger partial charge in [0.1, 0.15) is 11.5 Å². The minimum Gasteiger partial charge on any atom is -0.494 e. The molecule has 0 unspecified atom stereocenters. The molecular formula is C19H20F2N2O2. The lowest BCUT2D eigenvalue weighted by Gasteiger charge is -2.12. The lowest BCUT2D eigenvalue weighted by molar-refractivity contribution is -0.0505. The lowest BCUT2D eigenvalue weighted by Crippen LogP contribution is -2.14. The zero-order valence-electron chi connectivity index (χ0n) is 13.8. The van der Waals surface area contributed by atoms with E-state index in [0.717, 1.165) is 11.3 Å². The second kappa shape index (κ2) is 10.3. The molecule has 0 radical (unpaired) electrons. The number of rotatable bonds is 10. The molecule has 0 aromatic heterocycles. The number of unbranched alkanes of at least 4 members (excludes halogenated alkanes) is 1. The fraction of sp³-hybridized carbons (Fsp3) is 0.316. The van der Waals surface area contributed by atoms with Crippen molar-refractivity contribution in [1.29, 1.82) is 5.26 Å². The minimum atomic E-state index is -2.84. The average Bonchev–Trinajstić information content (AvgIpc) is 2.60. The maximum atomic E-state index is 12.4. The number of ether oxygens (including phenoxy) is 2. The first-order chi connectivity index (χ1) is 12.2. The van der Waals surface area contributed by atoms with Crippen molar-refractivity contribution in [1.82, 2.24) is 5.32 Å². The Labute approximate surface area is 146 Å². The number of hydrogen-bond acceptors (Lipinski definition) is 4. The summed E-state index contributed by atoms with van der Waals surface area (Å²) >= 11 is 0. The Morgan fingerprint density at radius 3 is 2.72 bits per heavy atom. The van der Waals surface area contributed by atoms with Crippen molar-refractivity contribution < 1.29 is 18.3 Å². The zero-order valence-corrected chi connectivity index (χ0v) is 13.8. The summed E-state index contributed by atoms with van der Waals surface area (Å²) < 4.78 is 34.9. The van der Waals surface area contributed by atoms with Crippen LogP contribution in [0.25, 0.3) is 0 Å². The number of halogens is 2. The van der Waals surface area contributed by atoms with Crippen LogP contribution < -0.4 is 14.8 Å². The highest BCUT2D eigenvalue weighted by Crippen LogP contribution is 2.20. The molecule has 4 nitrogen and oxygen atoms in total. The van der Waals surface area contributed by atoms with Gasteiger partial charge in [0.25, 0.3) is 0 Å². The third-order valence-electron chi connectivity index (χ3n) is 3.43. The van der Waals surface area contributed by atoms with Crippen LogP contribution in [0, 0.1) is 11.3 Å². The Hall–Kier alpha value is -2.65. The third-order valence-corrected chi connectivity index (χ3v) is 3.43. The second-order valence-corrected chi connectivity index (χ2v) is 5.35. The van der Waals surface area contributed by atoms with E-state index in [9.17, 15) is 8.78 Å². The molecule has 2 aromatic rings. The minimum absolute atomic E-state index is 0.180. The Balaban J connectivity index is 1.85. The van der Waals surface area contributed by atoms with Gasteiger partial charge in [0.05, 0.1) is 12.7 Å². The Morgan fingerprint density at radius 2 is 1.92 bits per heavy atom. The molecule has 25 heavy (non-hydrogen) atoms. The maximum absolute atomic E-state index is 12.4. The number of hydrogen-bond donors (Lipinski definition) is 1. The monoisotopic (exact) mass is 346 g/mol. The van der Waals surface area contributed by atoms with E-state index < -0.39 is 6.61 Å². The SMILES string of the molecule is N#CCCCOc1cccc(CNCc2ccccc2OC(F)F)c1. The van der Waals surface area contributed by atoms with Crippen LogP contribution in [0.1, 0.15) is 24.0 Å². The molecule has 2 aromatic carbocycles. The number of benzene rings is 2. The smallest absolute Gasteiger partial charge is 0.387 e. The van der Waals surface area contributed by atoms with Gasteiger partial charge in [-0.3, -0.25) is 0 Å². The molecule has 0 heterocycles. The molecule has 0 fully saturated rings. The highest BCUT2D eigenvalue weighted by molar-refractivity contribution is 5.33. The summed E-state index contributed by atoms with van der Waals surface area (Å²) in [6, 6.07) is 16.4. The summed E-state index contributed by atoms with van der Waals surface area (Å²) in [6.07, 6.45) is 1.17. The first-order valence-electron chi connectivity index (χ1n) is 8.01. The highest BCUT2D eigenvalue weighted by atomic mass is 19.3. The van der Waals surface area contributed by atoms with E-state index in [4.69, 9.17) is 10.00 Å². The molecule has 0 saturated carbocycles. The fourth-order valence-electron chi connectivity index (χ4n) is 2.29. The predicted octanol–water partition coefficient (Wildman–Crippen LogP) is 4.26. The van der Waals surface area contributed by atoms with Gasteiger partial charge >= 0.3 is 6.61 Å². The molecule has 132 valence electrons. The van der Waals surface area contributed by atoms with Crippen LogP contribution in [0.4, 0.5) is 8.78 Å². The summed E-state index contributed by atoms with van der Waals surface area (Å²) in [5.74, 6) is 0.929. The van der Waals surface area contributed by atoms with E-state index in [1.165, 1.54) is 6.07 Å². The van der Waals surface area contributed by atoms with Gasteiger partial charge in [-0.25, -0.2) is 0 Å². The summed E-state index contributed by atoms with van der Waals surface area (Å²) in [5.41, 5.74) is 1.69. The quantitative estimate of drug-likeness (QED) is 0.653. The molecular weight excluding hydrogens is 326 g/mol. The van der Waals surface area contributed by atoms with Crippen LogP contribution in [-0.2, 0) is 13.1 Å². The summed E-state index contributed by atoms with van der Waals surface area (Å²) in [6.45, 7) is -1.35. The first kappa shape index (κ1) is 18.7. The largest absolute Gasteiger partial charge is 0.494 e.